The molecule has 3 aromatic heterocycles. The molecule has 1 amide bonds. The average Bonchev–Trinajstić information content (AvgIpc) is 3.99. The van der Waals surface area contributed by atoms with Crippen LogP contribution < -0.4 is 27.2 Å². The molecule has 28 heteroatoms. The number of carbonyl (C=O) groups is 4. The van der Waals surface area contributed by atoms with Crippen molar-refractivity contribution in [2.45, 2.75) is 102 Å². The Morgan fingerprint density at radius 3 is 1.71 bits per heavy atom. The van der Waals surface area contributed by atoms with E-state index in [1.54, 1.807) is 0 Å². The minimum absolute atomic E-state index is 0.0228. The van der Waals surface area contributed by atoms with Crippen molar-refractivity contribution >= 4 is 56.8 Å². The van der Waals surface area contributed by atoms with Gasteiger partial charge in [-0.05, 0) is 132 Å². The largest absolute Gasteiger partial charge is 0.480 e. The first-order valence-corrected chi connectivity index (χ1v) is 26.1. The van der Waals surface area contributed by atoms with E-state index in [9.17, 15) is 81.8 Å². The number of imidazole rings is 1. The summed E-state index contributed by atoms with van der Waals surface area (Å²) >= 11 is 2.89. The summed E-state index contributed by atoms with van der Waals surface area (Å²) < 4.78 is 170. The van der Waals surface area contributed by atoms with Gasteiger partial charge in [0, 0.05) is 70.7 Å². The molecule has 3 saturated carbocycles. The summed E-state index contributed by atoms with van der Waals surface area (Å²) in [5.41, 5.74) is -0.239. The van der Waals surface area contributed by atoms with Crippen LogP contribution in [0, 0.1) is 59.6 Å². The van der Waals surface area contributed by atoms with Gasteiger partial charge in [0.25, 0.3) is 11.5 Å². The first-order chi connectivity index (χ1) is 38.7. The number of hydrogen-bond acceptors (Lipinski definition) is 10. The second kappa shape index (κ2) is 26.3. The van der Waals surface area contributed by atoms with Crippen LogP contribution >= 0.6 is 15.9 Å². The van der Waals surface area contributed by atoms with Gasteiger partial charge in [-0.1, -0.05) is 15.9 Å². The lowest BCUT2D eigenvalue weighted by molar-refractivity contribution is -0.146. The van der Waals surface area contributed by atoms with Gasteiger partial charge in [0.1, 0.15) is 69.3 Å². The number of benzene rings is 3. The van der Waals surface area contributed by atoms with E-state index in [0.717, 1.165) is 60.8 Å². The molecular weight excluding hydrogens is 1190 g/mol. The number of carboxylic acids is 2. The van der Waals surface area contributed by atoms with Gasteiger partial charge in [-0.25, -0.2) is 45.7 Å². The monoisotopic (exact) mass is 1250 g/mol. The number of ether oxygens (including phenoxy) is 1. The van der Waals surface area contributed by atoms with Gasteiger partial charge in [-0.15, -0.1) is 0 Å². The Balaban J connectivity index is 0.000000230. The number of pyridine rings is 2. The quantitative estimate of drug-likeness (QED) is 0.0418. The number of nitrogens with two attached hydrogens (primary N) is 1. The molecule has 9 rings (SSSR count). The number of anilines is 2. The number of nitrogens with one attached hydrogen (secondary N) is 3. The third-order valence-corrected chi connectivity index (χ3v) is 14.1. The van der Waals surface area contributed by atoms with Crippen LogP contribution in [0.15, 0.2) is 76.3 Å². The smallest absolute Gasteiger partial charge is 0.417 e. The zero-order valence-electron chi connectivity index (χ0n) is 44.5. The molecule has 0 bridgehead atoms. The Morgan fingerprint density at radius 2 is 1.27 bits per heavy atom. The fraction of sp³-hybridized carbons (Fsp3) is 0.382. The number of nitrogens with zero attached hydrogens (tertiary/aromatic N) is 3. The highest BCUT2D eigenvalue weighted by atomic mass is 79.9. The van der Waals surface area contributed by atoms with Crippen molar-refractivity contribution in [2.24, 2.45) is 30.5 Å². The summed E-state index contributed by atoms with van der Waals surface area (Å²) in [6.45, 7) is 5.33. The van der Waals surface area contributed by atoms with Crippen LogP contribution in [-0.2, 0) is 29.2 Å². The van der Waals surface area contributed by atoms with E-state index < -0.39 is 135 Å². The van der Waals surface area contributed by atoms with Gasteiger partial charge < -0.3 is 45.6 Å². The SMILES string of the molecule is COC(=O)c1c(F)cc(Br)cc1F.C[C@H](N)C1CC1.Cc1cc(C(F)(F)F)c(-c2ccc(C[C@H](NC(=O)c3c(F)cc(N[C@@H](C)C4CC4)cc3F)C(=O)O)n3ccnc23)c(=O)n1C.O=C(O)c1c(F)cc(N[C@H](C2CC2)C(F)(F)F)cc1F. The molecule has 0 saturated heterocycles. The molecule has 0 aliphatic heterocycles. The molecule has 83 heavy (non-hydrogen) atoms. The van der Waals surface area contributed by atoms with E-state index in [4.69, 9.17) is 10.8 Å². The lowest BCUT2D eigenvalue weighted by atomic mass is 9.99. The summed E-state index contributed by atoms with van der Waals surface area (Å²) in [4.78, 5) is 63.6. The molecule has 3 aliphatic carbocycles. The first kappa shape index (κ1) is 64.5. The summed E-state index contributed by atoms with van der Waals surface area (Å²) in [5.74, 6) is -12.1. The minimum atomic E-state index is -4.86. The maximum Gasteiger partial charge on any atom is 0.417 e. The van der Waals surface area contributed by atoms with Crippen molar-refractivity contribution in [3.8, 4) is 11.1 Å². The summed E-state index contributed by atoms with van der Waals surface area (Å²) in [5, 5.41) is 25.6. The highest BCUT2D eigenvalue weighted by Crippen LogP contribution is 2.42. The van der Waals surface area contributed by atoms with E-state index in [0.29, 0.717) is 36.9 Å². The molecule has 0 unspecified atom stereocenters. The van der Waals surface area contributed by atoms with Gasteiger partial charge >= 0.3 is 30.3 Å². The normalized spacial score (nSPS) is 15.4. The van der Waals surface area contributed by atoms with Crippen molar-refractivity contribution in [3.63, 3.8) is 0 Å². The molecule has 7 N–H and O–H groups in total. The van der Waals surface area contributed by atoms with Crippen LogP contribution in [0.1, 0.15) is 100 Å². The van der Waals surface area contributed by atoms with Gasteiger partial charge in [0.15, 0.2) is 0 Å². The third-order valence-electron chi connectivity index (χ3n) is 13.7. The maximum atomic E-state index is 14.9. The van der Waals surface area contributed by atoms with Crippen LogP contribution in [0.4, 0.5) is 64.1 Å². The number of hydrogen-bond donors (Lipinski definition) is 6. The van der Waals surface area contributed by atoms with Crippen molar-refractivity contribution in [3.05, 3.63) is 150 Å². The minimum Gasteiger partial charge on any atom is -0.480 e. The number of halogens is 13. The molecule has 3 heterocycles. The number of rotatable bonds is 15. The Labute approximate surface area is 473 Å². The molecule has 3 aliphatic rings. The number of carboxylic acid groups (broad SMARTS) is 2. The Kier molecular flexibility index (Phi) is 20.5. The van der Waals surface area contributed by atoms with Crippen LogP contribution in [0.5, 0.6) is 0 Å². The number of alkyl halides is 6. The number of aliphatic carboxylic acids is 1. The van der Waals surface area contributed by atoms with Gasteiger partial charge in [0.05, 0.1) is 18.2 Å². The fourth-order valence-electron chi connectivity index (χ4n) is 8.62. The number of aryl methyl sites for hydroxylation is 1. The number of aromatic carboxylic acids is 1. The maximum absolute atomic E-state index is 14.9. The molecular formula is C55H54BrF12N7O8. The first-order valence-electron chi connectivity index (χ1n) is 25.3. The zero-order chi connectivity index (χ0) is 61.7. The van der Waals surface area contributed by atoms with E-state index in [1.807, 2.05) is 12.2 Å². The van der Waals surface area contributed by atoms with E-state index in [1.165, 1.54) is 55.7 Å². The van der Waals surface area contributed by atoms with Gasteiger partial charge in [0.2, 0.25) is 0 Å². The molecule has 15 nitrogen and oxygen atoms in total. The van der Waals surface area contributed by atoms with Crippen molar-refractivity contribution < 1.29 is 86.8 Å². The van der Waals surface area contributed by atoms with Crippen LogP contribution in [-0.4, -0.2) is 85.4 Å². The number of carbonyl (C=O) groups excluding carboxylic acids is 2. The topological polar surface area (TPSA) is 219 Å². The van der Waals surface area contributed by atoms with E-state index in [-0.39, 0.29) is 38.8 Å². The number of fused-ring (bicyclic) bond motifs is 1. The second-order valence-corrected chi connectivity index (χ2v) is 20.9. The third kappa shape index (κ3) is 16.3. The number of esters is 1. The highest BCUT2D eigenvalue weighted by molar-refractivity contribution is 9.10. The summed E-state index contributed by atoms with van der Waals surface area (Å²) in [6, 6.07) is 5.24. The molecule has 0 radical (unpaired) electrons. The highest BCUT2D eigenvalue weighted by Gasteiger charge is 2.49. The molecule has 3 fully saturated rings. The standard InChI is InChI=1S/C30H28F5N5O4.C12H10F5NO2.C8H5BrF2O2.C5H11N/c1-14-10-20(30(33,34)35)24(28(42)39(14)3)19-7-6-18(40-9-8-36-26(19)40)13-23(29(43)44)38-27(41)25-21(31)11-17(12-22(25)32)37-15(2)16-4-5-16;13-7-3-6(4-8(14)9(7)11(19)20)18-10(5-1-2-5)12(15,16)17;1-13-8(12)7-5(10)2-4(9)3-6(7)11;1-4(6)5-2-3-5/h6-12,15-16,23,37H,4-5,13H2,1-3H3,(H,38,41)(H,43,44);3-5,10,18H,1-2H2,(H,19,20);2-3H,1H3;4-5H,2-3,6H2,1H3/t15-,23-;10-;;4-/m01.0/s1. The summed E-state index contributed by atoms with van der Waals surface area (Å²) in [6.07, 6.45) is -1.70. The molecule has 6 aromatic rings. The molecule has 0 spiro atoms. The number of amides is 1. The van der Waals surface area contributed by atoms with Gasteiger partial charge in [-0.2, -0.15) is 26.3 Å². The Morgan fingerprint density at radius 1 is 0.759 bits per heavy atom. The van der Waals surface area contributed by atoms with Gasteiger partial charge in [-0.3, -0.25) is 9.59 Å². The van der Waals surface area contributed by atoms with Crippen LogP contribution in [0.2, 0.25) is 0 Å². The molecule has 448 valence electrons. The second-order valence-electron chi connectivity index (χ2n) is 20.0. The Bertz CT molecular complexity index is 3400. The number of aromatic nitrogens is 3. The average molecular weight is 1250 g/mol. The molecule has 4 atom stereocenters. The molecule has 3 aromatic carbocycles. The summed E-state index contributed by atoms with van der Waals surface area (Å²) in [7, 11) is 2.40. The predicted octanol–water partition coefficient (Wildman–Crippen LogP) is 11.6. The predicted molar refractivity (Wildman–Crippen MR) is 282 cm³/mol. The van der Waals surface area contributed by atoms with Crippen molar-refractivity contribution in [1.29, 1.82) is 0 Å². The zero-order valence-corrected chi connectivity index (χ0v) is 46.1. The van der Waals surface area contributed by atoms with Crippen molar-refractivity contribution in [1.82, 2.24) is 19.3 Å². The lowest BCUT2D eigenvalue weighted by Crippen LogP contribution is -2.43. The lowest BCUT2D eigenvalue weighted by Gasteiger charge is -2.22. The fourth-order valence-corrected chi connectivity index (χ4v) is 9.03. The van der Waals surface area contributed by atoms with Crippen LogP contribution in [0.3, 0.4) is 0 Å². The number of methoxy groups -OCH3 is 1. The Hall–Kier alpha value is -7.62. The van der Waals surface area contributed by atoms with Crippen molar-refractivity contribution in [2.75, 3.05) is 17.7 Å². The van der Waals surface area contributed by atoms with E-state index in [2.05, 4.69) is 43.2 Å². The van der Waals surface area contributed by atoms with E-state index >= 15 is 0 Å². The van der Waals surface area contributed by atoms with Crippen LogP contribution in [0.25, 0.3) is 16.8 Å².